The van der Waals surface area contributed by atoms with Crippen LogP contribution in [-0.2, 0) is 14.3 Å². The molecule has 5 heteroatoms. The van der Waals surface area contributed by atoms with E-state index in [0.29, 0.717) is 32.5 Å². The lowest BCUT2D eigenvalue weighted by Crippen LogP contribution is -2.49. The van der Waals surface area contributed by atoms with Crippen LogP contribution >= 0.6 is 0 Å². The summed E-state index contributed by atoms with van der Waals surface area (Å²) in [5.74, 6) is 0.201. The van der Waals surface area contributed by atoms with Gasteiger partial charge in [0.2, 0.25) is 11.8 Å². The van der Waals surface area contributed by atoms with E-state index < -0.39 is 0 Å². The molecule has 0 aliphatic carbocycles. The molecule has 2 amide bonds. The van der Waals surface area contributed by atoms with Crippen LogP contribution in [-0.4, -0.2) is 49.1 Å². The summed E-state index contributed by atoms with van der Waals surface area (Å²) in [6.07, 6.45) is 3.39. The van der Waals surface area contributed by atoms with Gasteiger partial charge < -0.3 is 15.0 Å². The number of nitrogens with zero attached hydrogens (tertiary/aromatic N) is 1. The van der Waals surface area contributed by atoms with E-state index >= 15 is 0 Å². The summed E-state index contributed by atoms with van der Waals surface area (Å²) in [6.45, 7) is 4.71. The van der Waals surface area contributed by atoms with Gasteiger partial charge in [-0.05, 0) is 26.2 Å². The van der Waals surface area contributed by atoms with Gasteiger partial charge >= 0.3 is 0 Å². The van der Waals surface area contributed by atoms with E-state index in [1.165, 1.54) is 0 Å². The van der Waals surface area contributed by atoms with Crippen LogP contribution in [0.5, 0.6) is 0 Å². The molecular weight excluding hydrogens is 232 g/mol. The maximum Gasteiger partial charge on any atom is 0.227 e. The minimum Gasteiger partial charge on any atom is -0.377 e. The van der Waals surface area contributed by atoms with Crippen LogP contribution in [0.1, 0.15) is 32.6 Å². The predicted octanol–water partition coefficient (Wildman–Crippen LogP) is 0.540. The Bertz CT molecular complexity index is 307. The zero-order valence-corrected chi connectivity index (χ0v) is 11.0. The third-order valence-electron chi connectivity index (χ3n) is 3.71. The highest BCUT2D eigenvalue weighted by molar-refractivity contribution is 5.83. The minimum atomic E-state index is -0.0388. The molecule has 0 spiro atoms. The molecule has 18 heavy (non-hydrogen) atoms. The van der Waals surface area contributed by atoms with Crippen molar-refractivity contribution in [2.45, 2.75) is 38.7 Å². The molecule has 0 radical (unpaired) electrons. The van der Waals surface area contributed by atoms with E-state index in [0.717, 1.165) is 19.4 Å². The van der Waals surface area contributed by atoms with E-state index in [2.05, 4.69) is 5.32 Å². The maximum atomic E-state index is 12.3. The Kier molecular flexibility index (Phi) is 4.58. The summed E-state index contributed by atoms with van der Waals surface area (Å²) in [6, 6.07) is 0. The van der Waals surface area contributed by atoms with Crippen LogP contribution in [0.4, 0.5) is 0 Å². The van der Waals surface area contributed by atoms with Crippen LogP contribution in [0.15, 0.2) is 0 Å². The Morgan fingerprint density at radius 1 is 1.50 bits per heavy atom. The molecule has 0 aromatic carbocycles. The van der Waals surface area contributed by atoms with Gasteiger partial charge in [-0.25, -0.2) is 0 Å². The van der Waals surface area contributed by atoms with Crippen molar-refractivity contribution in [1.29, 1.82) is 0 Å². The number of nitrogens with one attached hydrogen (secondary N) is 1. The average Bonchev–Trinajstić information content (AvgIpc) is 2.39. The predicted molar refractivity (Wildman–Crippen MR) is 67.0 cm³/mol. The molecule has 0 aromatic heterocycles. The molecule has 2 aliphatic rings. The summed E-state index contributed by atoms with van der Waals surface area (Å²) in [4.78, 5) is 25.3. The van der Waals surface area contributed by atoms with Gasteiger partial charge in [-0.15, -0.1) is 0 Å². The lowest BCUT2D eigenvalue weighted by Gasteiger charge is -2.35. The molecule has 2 atom stereocenters. The van der Waals surface area contributed by atoms with Crippen molar-refractivity contribution < 1.29 is 14.3 Å². The quantitative estimate of drug-likeness (QED) is 0.799. The molecule has 2 rings (SSSR count). The summed E-state index contributed by atoms with van der Waals surface area (Å²) in [5.41, 5.74) is 0. The average molecular weight is 254 g/mol. The summed E-state index contributed by atoms with van der Waals surface area (Å²) in [5, 5.41) is 2.77. The largest absolute Gasteiger partial charge is 0.377 e. The highest BCUT2D eigenvalue weighted by atomic mass is 16.5. The molecule has 2 fully saturated rings. The number of carbonyl (C=O) groups is 2. The van der Waals surface area contributed by atoms with Crippen molar-refractivity contribution in [3.05, 3.63) is 0 Å². The topological polar surface area (TPSA) is 58.6 Å². The number of likely N-dealkylation sites (tertiary alicyclic amines) is 1. The van der Waals surface area contributed by atoms with E-state index in [9.17, 15) is 9.59 Å². The number of piperidine rings is 2. The SMILES string of the molecule is CCOC1CCCN(C(=O)C2CCC(=O)NC2)C1. The second-order valence-electron chi connectivity index (χ2n) is 5.04. The smallest absolute Gasteiger partial charge is 0.227 e. The Morgan fingerprint density at radius 3 is 3.00 bits per heavy atom. The summed E-state index contributed by atoms with van der Waals surface area (Å²) in [7, 11) is 0. The van der Waals surface area contributed by atoms with E-state index in [4.69, 9.17) is 4.74 Å². The van der Waals surface area contributed by atoms with Gasteiger partial charge in [0.15, 0.2) is 0 Å². The molecule has 2 heterocycles. The highest BCUT2D eigenvalue weighted by Crippen LogP contribution is 2.19. The van der Waals surface area contributed by atoms with Crippen molar-refractivity contribution in [1.82, 2.24) is 10.2 Å². The van der Waals surface area contributed by atoms with Gasteiger partial charge in [0.25, 0.3) is 0 Å². The molecular formula is C13H22N2O3. The van der Waals surface area contributed by atoms with Crippen LogP contribution in [0.2, 0.25) is 0 Å². The van der Waals surface area contributed by atoms with Gasteiger partial charge in [0.1, 0.15) is 0 Å². The lowest BCUT2D eigenvalue weighted by molar-refractivity contribution is -0.141. The Balaban J connectivity index is 1.86. The fourth-order valence-corrected chi connectivity index (χ4v) is 2.71. The molecule has 0 bridgehead atoms. The summed E-state index contributed by atoms with van der Waals surface area (Å²) >= 11 is 0. The van der Waals surface area contributed by atoms with Gasteiger partial charge in [-0.3, -0.25) is 9.59 Å². The molecule has 5 nitrogen and oxygen atoms in total. The molecule has 2 saturated heterocycles. The van der Waals surface area contributed by atoms with Crippen molar-refractivity contribution in [3.63, 3.8) is 0 Å². The Morgan fingerprint density at radius 2 is 2.33 bits per heavy atom. The standard InChI is InChI=1S/C13H22N2O3/c1-2-18-11-4-3-7-15(9-11)13(17)10-5-6-12(16)14-8-10/h10-11H,2-9H2,1H3,(H,14,16). The maximum absolute atomic E-state index is 12.3. The van der Waals surface area contributed by atoms with Gasteiger partial charge in [-0.1, -0.05) is 0 Å². The zero-order valence-electron chi connectivity index (χ0n) is 11.0. The fraction of sp³-hybridized carbons (Fsp3) is 0.846. The molecule has 2 aliphatic heterocycles. The Labute approximate surface area is 108 Å². The first-order chi connectivity index (χ1) is 8.70. The normalized spacial score (nSPS) is 28.9. The van der Waals surface area contributed by atoms with Crippen LogP contribution in [0.25, 0.3) is 0 Å². The first-order valence-electron chi connectivity index (χ1n) is 6.87. The third kappa shape index (κ3) is 3.22. The highest BCUT2D eigenvalue weighted by Gasteiger charge is 2.31. The second-order valence-corrected chi connectivity index (χ2v) is 5.04. The molecule has 0 aromatic rings. The van der Waals surface area contributed by atoms with E-state index in [1.54, 1.807) is 0 Å². The molecule has 0 saturated carbocycles. The number of hydrogen-bond acceptors (Lipinski definition) is 3. The number of carbonyl (C=O) groups excluding carboxylic acids is 2. The van der Waals surface area contributed by atoms with Crippen molar-refractivity contribution in [3.8, 4) is 0 Å². The Hall–Kier alpha value is -1.10. The monoisotopic (exact) mass is 254 g/mol. The molecule has 102 valence electrons. The number of amides is 2. The molecule has 1 N–H and O–H groups in total. The van der Waals surface area contributed by atoms with Crippen LogP contribution in [0, 0.1) is 5.92 Å². The summed E-state index contributed by atoms with van der Waals surface area (Å²) < 4.78 is 5.60. The van der Waals surface area contributed by atoms with Crippen LogP contribution < -0.4 is 5.32 Å². The van der Waals surface area contributed by atoms with Crippen molar-refractivity contribution in [2.75, 3.05) is 26.2 Å². The van der Waals surface area contributed by atoms with Gasteiger partial charge in [0.05, 0.1) is 12.0 Å². The second kappa shape index (κ2) is 6.18. The van der Waals surface area contributed by atoms with E-state index in [-0.39, 0.29) is 23.8 Å². The number of ether oxygens (including phenoxy) is 1. The third-order valence-corrected chi connectivity index (χ3v) is 3.71. The minimum absolute atomic E-state index is 0.0388. The van der Waals surface area contributed by atoms with Crippen LogP contribution in [0.3, 0.4) is 0 Å². The number of hydrogen-bond donors (Lipinski definition) is 1. The molecule has 2 unspecified atom stereocenters. The van der Waals surface area contributed by atoms with Crippen molar-refractivity contribution >= 4 is 11.8 Å². The lowest BCUT2D eigenvalue weighted by atomic mass is 9.96. The zero-order chi connectivity index (χ0) is 13.0. The first-order valence-corrected chi connectivity index (χ1v) is 6.87. The number of rotatable bonds is 3. The van der Waals surface area contributed by atoms with Gasteiger partial charge in [0, 0.05) is 32.7 Å². The first kappa shape index (κ1) is 13.3. The van der Waals surface area contributed by atoms with Crippen molar-refractivity contribution in [2.24, 2.45) is 5.92 Å². The van der Waals surface area contributed by atoms with E-state index in [1.807, 2.05) is 11.8 Å². The van der Waals surface area contributed by atoms with Gasteiger partial charge in [-0.2, -0.15) is 0 Å². The fourth-order valence-electron chi connectivity index (χ4n) is 2.71.